The Morgan fingerprint density at radius 3 is 2.03 bits per heavy atom. The fourth-order valence-corrected chi connectivity index (χ4v) is 3.28. The summed E-state index contributed by atoms with van der Waals surface area (Å²) >= 11 is 0. The predicted molar refractivity (Wildman–Crippen MR) is 134 cm³/mol. The number of aliphatic hydroxyl groups excluding tert-OH is 2. The summed E-state index contributed by atoms with van der Waals surface area (Å²) in [5.41, 5.74) is 0.728. The van der Waals surface area contributed by atoms with Crippen molar-refractivity contribution in [1.29, 1.82) is 0 Å². The van der Waals surface area contributed by atoms with Gasteiger partial charge in [0.1, 0.15) is 17.2 Å². The molecule has 1 aromatic rings. The molecule has 35 heavy (non-hydrogen) atoms. The highest BCUT2D eigenvalue weighted by Crippen LogP contribution is 2.23. The van der Waals surface area contributed by atoms with Crippen LogP contribution in [0.3, 0.4) is 0 Å². The fraction of sp³-hybridized carbons (Fsp3) is 0.640. The molecule has 10 nitrogen and oxygen atoms in total. The Bertz CT molecular complexity index is 854. The van der Waals surface area contributed by atoms with Crippen molar-refractivity contribution < 1.29 is 34.1 Å². The van der Waals surface area contributed by atoms with E-state index in [2.05, 4.69) is 10.6 Å². The Kier molecular flexibility index (Phi) is 11.5. The minimum Gasteiger partial charge on any atom is -0.460 e. The van der Waals surface area contributed by atoms with Gasteiger partial charge in [-0.1, -0.05) is 0 Å². The van der Waals surface area contributed by atoms with Gasteiger partial charge >= 0.3 is 18.0 Å². The molecule has 0 fully saturated rings. The quantitative estimate of drug-likeness (QED) is 0.344. The number of hydrogen-bond acceptors (Lipinski definition) is 8. The first kappa shape index (κ1) is 30.2. The lowest BCUT2D eigenvalue weighted by Gasteiger charge is -2.26. The summed E-state index contributed by atoms with van der Waals surface area (Å²) in [4.78, 5) is 39.3. The van der Waals surface area contributed by atoms with Crippen LogP contribution in [0.4, 0.5) is 16.2 Å². The average molecular weight is 496 g/mol. The van der Waals surface area contributed by atoms with E-state index < -0.39 is 35.2 Å². The number of anilines is 2. The van der Waals surface area contributed by atoms with Crippen LogP contribution in [0.2, 0.25) is 0 Å². The largest absolute Gasteiger partial charge is 0.460 e. The van der Waals surface area contributed by atoms with Crippen molar-refractivity contribution in [2.24, 2.45) is 0 Å². The molecule has 0 aliphatic heterocycles. The van der Waals surface area contributed by atoms with Crippen LogP contribution in [-0.4, -0.2) is 71.7 Å². The second kappa shape index (κ2) is 13.3. The summed E-state index contributed by atoms with van der Waals surface area (Å²) in [6, 6.07) is 3.54. The smallest absolute Gasteiger partial charge is 0.329 e. The standard InChI is InChI=1S/C25H41N3O7/c1-17-16-18(8-10-20(17)28(12-14-29)13-15-30)26-23(33)27-19(22(32)35-25(5,6)7)9-11-21(31)34-24(2,3)4/h8,10,16,19,29-30H,9,11-15H2,1-7H3,(H2,26,27,33). The van der Waals surface area contributed by atoms with Gasteiger partial charge in [0.25, 0.3) is 0 Å². The lowest BCUT2D eigenvalue weighted by molar-refractivity contribution is -0.158. The Labute approximate surface area is 208 Å². The number of urea groups is 1. The van der Waals surface area contributed by atoms with Crippen LogP contribution in [0.25, 0.3) is 0 Å². The molecule has 0 aliphatic rings. The molecule has 1 atom stereocenters. The van der Waals surface area contributed by atoms with Gasteiger partial charge < -0.3 is 35.2 Å². The Balaban J connectivity index is 2.91. The first-order valence-corrected chi connectivity index (χ1v) is 11.7. The third-order valence-electron chi connectivity index (χ3n) is 4.59. The molecule has 0 aliphatic carbocycles. The number of amides is 2. The number of carbonyl (C=O) groups excluding carboxylic acids is 3. The van der Waals surface area contributed by atoms with E-state index in [0.29, 0.717) is 18.8 Å². The zero-order valence-electron chi connectivity index (χ0n) is 21.9. The van der Waals surface area contributed by atoms with Crippen LogP contribution in [0.15, 0.2) is 18.2 Å². The molecule has 4 N–H and O–H groups in total. The van der Waals surface area contributed by atoms with E-state index >= 15 is 0 Å². The van der Waals surface area contributed by atoms with Crippen LogP contribution in [0.5, 0.6) is 0 Å². The molecule has 2 amide bonds. The minimum absolute atomic E-state index is 0.0203. The summed E-state index contributed by atoms with van der Waals surface area (Å²) in [7, 11) is 0. The molecule has 1 unspecified atom stereocenters. The normalized spacial score (nSPS) is 12.5. The van der Waals surface area contributed by atoms with Gasteiger partial charge in [0.2, 0.25) is 0 Å². The van der Waals surface area contributed by atoms with E-state index in [-0.39, 0.29) is 26.1 Å². The number of nitrogens with one attached hydrogen (secondary N) is 2. The van der Waals surface area contributed by atoms with Crippen molar-refractivity contribution in [1.82, 2.24) is 5.32 Å². The van der Waals surface area contributed by atoms with Gasteiger partial charge in [-0.3, -0.25) is 4.79 Å². The van der Waals surface area contributed by atoms with E-state index in [0.717, 1.165) is 11.3 Å². The Hall–Kier alpha value is -2.85. The highest BCUT2D eigenvalue weighted by molar-refractivity contribution is 5.93. The van der Waals surface area contributed by atoms with Crippen molar-refractivity contribution in [3.63, 3.8) is 0 Å². The lowest BCUT2D eigenvalue weighted by atomic mass is 10.1. The number of hydrogen-bond donors (Lipinski definition) is 4. The molecule has 0 radical (unpaired) electrons. The van der Waals surface area contributed by atoms with E-state index in [1.807, 2.05) is 11.8 Å². The van der Waals surface area contributed by atoms with Crippen LogP contribution in [0, 0.1) is 6.92 Å². The van der Waals surface area contributed by atoms with Gasteiger partial charge in [0.15, 0.2) is 0 Å². The van der Waals surface area contributed by atoms with Crippen LogP contribution >= 0.6 is 0 Å². The first-order chi connectivity index (χ1) is 16.1. The molecule has 198 valence electrons. The summed E-state index contributed by atoms with van der Waals surface area (Å²) in [5.74, 6) is -1.12. The third kappa shape index (κ3) is 11.9. The molecule has 10 heteroatoms. The highest BCUT2D eigenvalue weighted by atomic mass is 16.6. The molecule has 0 bridgehead atoms. The number of rotatable bonds is 11. The zero-order chi connectivity index (χ0) is 26.8. The van der Waals surface area contributed by atoms with E-state index in [1.54, 1.807) is 59.7 Å². The molecule has 0 spiro atoms. The van der Waals surface area contributed by atoms with Gasteiger partial charge in [-0.05, 0) is 78.6 Å². The van der Waals surface area contributed by atoms with E-state index in [4.69, 9.17) is 9.47 Å². The van der Waals surface area contributed by atoms with Gasteiger partial charge in [-0.2, -0.15) is 0 Å². The number of carbonyl (C=O) groups is 3. The number of aryl methyl sites for hydroxylation is 1. The SMILES string of the molecule is Cc1cc(NC(=O)NC(CCC(=O)OC(C)(C)C)C(=O)OC(C)(C)C)ccc1N(CCO)CCO. The number of aliphatic hydroxyl groups is 2. The molecular formula is C25H41N3O7. The summed E-state index contributed by atoms with van der Waals surface area (Å²) in [6.45, 7) is 12.9. The average Bonchev–Trinajstić information content (AvgIpc) is 2.68. The van der Waals surface area contributed by atoms with Gasteiger partial charge in [-0.15, -0.1) is 0 Å². The zero-order valence-corrected chi connectivity index (χ0v) is 21.9. The predicted octanol–water partition coefficient (Wildman–Crippen LogP) is 2.74. The molecule has 1 aromatic carbocycles. The van der Waals surface area contributed by atoms with Crippen LogP contribution in [-0.2, 0) is 19.1 Å². The van der Waals surface area contributed by atoms with E-state index in [1.165, 1.54) is 0 Å². The third-order valence-corrected chi connectivity index (χ3v) is 4.59. The molecule has 0 saturated carbocycles. The van der Waals surface area contributed by atoms with Gasteiger partial charge in [0.05, 0.1) is 13.2 Å². The van der Waals surface area contributed by atoms with Gasteiger partial charge in [-0.25, -0.2) is 9.59 Å². The molecule has 0 aromatic heterocycles. The number of nitrogens with zero attached hydrogens (tertiary/aromatic N) is 1. The fourth-order valence-electron chi connectivity index (χ4n) is 3.28. The maximum absolute atomic E-state index is 12.7. The van der Waals surface area contributed by atoms with Gasteiger partial charge in [0, 0.05) is 30.9 Å². The van der Waals surface area contributed by atoms with Crippen LogP contribution in [0.1, 0.15) is 59.9 Å². The highest BCUT2D eigenvalue weighted by Gasteiger charge is 2.28. The second-order valence-electron chi connectivity index (χ2n) is 10.2. The van der Waals surface area contributed by atoms with Crippen molar-refractivity contribution in [2.45, 2.75) is 78.6 Å². The molecule has 1 rings (SSSR count). The number of esters is 2. The van der Waals surface area contributed by atoms with Crippen LogP contribution < -0.4 is 15.5 Å². The number of benzene rings is 1. The maximum Gasteiger partial charge on any atom is 0.329 e. The summed E-state index contributed by atoms with van der Waals surface area (Å²) in [6.07, 6.45) is -0.0483. The Morgan fingerprint density at radius 2 is 1.54 bits per heavy atom. The molecular weight excluding hydrogens is 454 g/mol. The minimum atomic E-state index is -1.05. The van der Waals surface area contributed by atoms with Crippen molar-refractivity contribution in [3.8, 4) is 0 Å². The van der Waals surface area contributed by atoms with E-state index in [9.17, 15) is 24.6 Å². The maximum atomic E-state index is 12.7. The molecule has 0 saturated heterocycles. The second-order valence-corrected chi connectivity index (χ2v) is 10.2. The summed E-state index contributed by atoms with van der Waals surface area (Å²) in [5, 5.41) is 23.8. The molecule has 0 heterocycles. The first-order valence-electron chi connectivity index (χ1n) is 11.7. The lowest BCUT2D eigenvalue weighted by Crippen LogP contribution is -2.46. The monoisotopic (exact) mass is 495 g/mol. The number of ether oxygens (including phenoxy) is 2. The summed E-state index contributed by atoms with van der Waals surface area (Å²) < 4.78 is 10.7. The topological polar surface area (TPSA) is 137 Å². The Morgan fingerprint density at radius 1 is 0.971 bits per heavy atom. The van der Waals surface area contributed by atoms with Crippen molar-refractivity contribution in [3.05, 3.63) is 23.8 Å². The van der Waals surface area contributed by atoms with Crippen molar-refractivity contribution in [2.75, 3.05) is 36.5 Å². The van der Waals surface area contributed by atoms with Crippen molar-refractivity contribution >= 4 is 29.3 Å².